The molecule has 2 aliphatic rings. The van der Waals surface area contributed by atoms with Crippen molar-refractivity contribution in [3.05, 3.63) is 0 Å². The molecule has 4 nitrogen and oxygen atoms in total. The van der Waals surface area contributed by atoms with E-state index in [1.807, 2.05) is 7.05 Å². The second kappa shape index (κ2) is 8.29. The Balaban J connectivity index is 0.00000180. The molecule has 3 unspecified atom stereocenters. The average Bonchev–Trinajstić information content (AvgIpc) is 3.00. The molecule has 0 amide bonds. The van der Waals surface area contributed by atoms with Crippen LogP contribution in [0.1, 0.15) is 46.0 Å². The number of halogens is 1. The first-order valence-electron chi connectivity index (χ1n) is 7.39. The summed E-state index contributed by atoms with van der Waals surface area (Å²) in [6, 6.07) is 0.455. The monoisotopic (exact) mass is 381 g/mol. The summed E-state index contributed by atoms with van der Waals surface area (Å²) in [6.07, 6.45) is 6.91. The van der Waals surface area contributed by atoms with Gasteiger partial charge < -0.3 is 15.4 Å². The zero-order valence-corrected chi connectivity index (χ0v) is 14.6. The fourth-order valence-corrected chi connectivity index (χ4v) is 2.98. The van der Waals surface area contributed by atoms with Crippen LogP contribution in [0.4, 0.5) is 0 Å². The van der Waals surface area contributed by atoms with E-state index in [1.165, 1.54) is 25.7 Å². The molecule has 112 valence electrons. The maximum absolute atomic E-state index is 5.85. The van der Waals surface area contributed by atoms with Crippen molar-refractivity contribution in [2.75, 3.05) is 13.6 Å². The highest BCUT2D eigenvalue weighted by atomic mass is 127. The van der Waals surface area contributed by atoms with Crippen LogP contribution >= 0.6 is 24.0 Å². The molecular weight excluding hydrogens is 353 g/mol. The summed E-state index contributed by atoms with van der Waals surface area (Å²) in [7, 11) is 1.84. The van der Waals surface area contributed by atoms with Crippen molar-refractivity contribution in [3.8, 4) is 0 Å². The lowest BCUT2D eigenvalue weighted by molar-refractivity contribution is 0.0992. The molecule has 2 aliphatic heterocycles. The molecule has 19 heavy (non-hydrogen) atoms. The fraction of sp³-hybridized carbons (Fsp3) is 0.929. The summed E-state index contributed by atoms with van der Waals surface area (Å²) in [6.45, 7) is 5.50. The lowest BCUT2D eigenvalue weighted by atomic mass is 9.96. The SMILES string of the molecule is CCC(CC)CNC(=NC)NC1CC2CCC1O2.I. The normalized spacial score (nSPS) is 29.5. The molecule has 2 N–H and O–H groups in total. The van der Waals surface area contributed by atoms with Gasteiger partial charge in [0.15, 0.2) is 5.96 Å². The maximum Gasteiger partial charge on any atom is 0.191 e. The average molecular weight is 381 g/mol. The quantitative estimate of drug-likeness (QED) is 0.437. The van der Waals surface area contributed by atoms with Gasteiger partial charge in [-0.3, -0.25) is 4.99 Å². The molecule has 0 spiro atoms. The Bertz CT molecular complexity index is 294. The van der Waals surface area contributed by atoms with Gasteiger partial charge in [-0.15, -0.1) is 24.0 Å². The second-order valence-electron chi connectivity index (χ2n) is 5.50. The van der Waals surface area contributed by atoms with Crippen LogP contribution in [0, 0.1) is 5.92 Å². The van der Waals surface area contributed by atoms with Crippen LogP contribution in [0.15, 0.2) is 4.99 Å². The molecule has 5 heteroatoms. The number of fused-ring (bicyclic) bond motifs is 2. The Labute approximate surface area is 134 Å². The number of nitrogens with zero attached hydrogens (tertiary/aromatic N) is 1. The third kappa shape index (κ3) is 4.48. The van der Waals surface area contributed by atoms with Crippen molar-refractivity contribution >= 4 is 29.9 Å². The molecule has 3 atom stereocenters. The van der Waals surface area contributed by atoms with Crippen molar-refractivity contribution in [1.29, 1.82) is 0 Å². The number of nitrogens with one attached hydrogen (secondary N) is 2. The van der Waals surface area contributed by atoms with E-state index in [4.69, 9.17) is 4.74 Å². The van der Waals surface area contributed by atoms with E-state index < -0.39 is 0 Å². The van der Waals surface area contributed by atoms with Gasteiger partial charge >= 0.3 is 0 Å². The first-order valence-corrected chi connectivity index (χ1v) is 7.39. The predicted octanol–water partition coefficient (Wildman–Crippen LogP) is 2.53. The van der Waals surface area contributed by atoms with Gasteiger partial charge in [0.05, 0.1) is 18.2 Å². The third-order valence-corrected chi connectivity index (χ3v) is 4.36. The molecule has 2 bridgehead atoms. The molecular formula is C14H28IN3O. The van der Waals surface area contributed by atoms with Crippen molar-refractivity contribution in [2.45, 2.75) is 64.2 Å². The van der Waals surface area contributed by atoms with Crippen molar-refractivity contribution in [2.24, 2.45) is 10.9 Å². The van der Waals surface area contributed by atoms with Crippen molar-refractivity contribution < 1.29 is 4.74 Å². The fourth-order valence-electron chi connectivity index (χ4n) is 2.98. The van der Waals surface area contributed by atoms with E-state index in [1.54, 1.807) is 0 Å². The molecule has 2 rings (SSSR count). The minimum atomic E-state index is 0. The smallest absolute Gasteiger partial charge is 0.191 e. The lowest BCUT2D eigenvalue weighted by Gasteiger charge is -2.23. The number of guanidine groups is 1. The predicted molar refractivity (Wildman–Crippen MR) is 90.3 cm³/mol. The summed E-state index contributed by atoms with van der Waals surface area (Å²) >= 11 is 0. The second-order valence-corrected chi connectivity index (χ2v) is 5.50. The Kier molecular flexibility index (Phi) is 7.42. The van der Waals surface area contributed by atoms with E-state index in [0.717, 1.165) is 24.8 Å². The minimum absolute atomic E-state index is 0. The molecule has 0 radical (unpaired) electrons. The van der Waals surface area contributed by atoms with Gasteiger partial charge in [0.1, 0.15) is 0 Å². The van der Waals surface area contributed by atoms with E-state index in [0.29, 0.717) is 18.2 Å². The van der Waals surface area contributed by atoms with Crippen LogP contribution in [0.5, 0.6) is 0 Å². The standard InChI is InChI=1S/C14H27N3O.HI/c1-4-10(5-2)9-16-14(15-3)17-12-8-11-6-7-13(12)18-11;/h10-13H,4-9H2,1-3H3,(H2,15,16,17);1H. The van der Waals surface area contributed by atoms with Crippen LogP contribution in [0.3, 0.4) is 0 Å². The number of hydrogen-bond donors (Lipinski definition) is 2. The van der Waals surface area contributed by atoms with E-state index >= 15 is 0 Å². The van der Waals surface area contributed by atoms with Gasteiger partial charge in [-0.05, 0) is 25.2 Å². The van der Waals surface area contributed by atoms with Crippen LogP contribution in [-0.2, 0) is 4.74 Å². The van der Waals surface area contributed by atoms with Gasteiger partial charge in [-0.25, -0.2) is 0 Å². The minimum Gasteiger partial charge on any atom is -0.373 e. The first-order chi connectivity index (χ1) is 8.76. The molecule has 0 aliphatic carbocycles. The summed E-state index contributed by atoms with van der Waals surface area (Å²) in [5, 5.41) is 6.96. The van der Waals surface area contributed by atoms with E-state index in [2.05, 4.69) is 29.5 Å². The number of hydrogen-bond acceptors (Lipinski definition) is 2. The number of aliphatic imine (C=N–C) groups is 1. The highest BCUT2D eigenvalue weighted by molar-refractivity contribution is 14.0. The number of ether oxygens (including phenoxy) is 1. The molecule has 0 aromatic heterocycles. The van der Waals surface area contributed by atoms with Gasteiger partial charge in [0, 0.05) is 13.6 Å². The van der Waals surface area contributed by atoms with Crippen molar-refractivity contribution in [3.63, 3.8) is 0 Å². The topological polar surface area (TPSA) is 45.7 Å². The highest BCUT2D eigenvalue weighted by Gasteiger charge is 2.41. The molecule has 0 aromatic carbocycles. The number of rotatable bonds is 5. The Morgan fingerprint density at radius 3 is 2.53 bits per heavy atom. The maximum atomic E-state index is 5.85. The Morgan fingerprint density at radius 1 is 1.32 bits per heavy atom. The molecule has 0 saturated carbocycles. The largest absolute Gasteiger partial charge is 0.373 e. The molecule has 2 fully saturated rings. The van der Waals surface area contributed by atoms with Gasteiger partial charge in [-0.2, -0.15) is 0 Å². The first kappa shape index (κ1) is 17.0. The summed E-state index contributed by atoms with van der Waals surface area (Å²) < 4.78 is 5.85. The third-order valence-electron chi connectivity index (χ3n) is 4.36. The highest BCUT2D eigenvalue weighted by Crippen LogP contribution is 2.34. The summed E-state index contributed by atoms with van der Waals surface area (Å²) in [4.78, 5) is 4.31. The Morgan fingerprint density at radius 2 is 2.05 bits per heavy atom. The summed E-state index contributed by atoms with van der Waals surface area (Å²) in [5.74, 6) is 1.67. The van der Waals surface area contributed by atoms with Crippen LogP contribution in [0.2, 0.25) is 0 Å². The zero-order valence-electron chi connectivity index (χ0n) is 12.3. The lowest BCUT2D eigenvalue weighted by Crippen LogP contribution is -2.48. The van der Waals surface area contributed by atoms with E-state index in [9.17, 15) is 0 Å². The van der Waals surface area contributed by atoms with Crippen LogP contribution < -0.4 is 10.6 Å². The van der Waals surface area contributed by atoms with Crippen LogP contribution in [0.25, 0.3) is 0 Å². The summed E-state index contributed by atoms with van der Waals surface area (Å²) in [5.41, 5.74) is 0. The van der Waals surface area contributed by atoms with Gasteiger partial charge in [-0.1, -0.05) is 26.7 Å². The van der Waals surface area contributed by atoms with E-state index in [-0.39, 0.29) is 24.0 Å². The van der Waals surface area contributed by atoms with Gasteiger partial charge in [0.2, 0.25) is 0 Å². The van der Waals surface area contributed by atoms with Crippen LogP contribution in [-0.4, -0.2) is 37.8 Å². The molecule has 2 heterocycles. The molecule has 0 aromatic rings. The van der Waals surface area contributed by atoms with Gasteiger partial charge in [0.25, 0.3) is 0 Å². The van der Waals surface area contributed by atoms with Crippen molar-refractivity contribution in [1.82, 2.24) is 10.6 Å². The zero-order chi connectivity index (χ0) is 13.0. The molecule has 2 saturated heterocycles. The Hall–Kier alpha value is -0.0400.